The molecule has 2 rings (SSSR count). The molecule has 0 aliphatic carbocycles. The molecular weight excluding hydrogens is 259 g/mol. The molecule has 0 N–H and O–H groups in total. The van der Waals surface area contributed by atoms with Crippen molar-refractivity contribution in [2.24, 2.45) is 0 Å². The number of hydrogen-bond acceptors (Lipinski definition) is 0. The first-order valence-electron chi connectivity index (χ1n) is 5.14. The van der Waals surface area contributed by atoms with Crippen LogP contribution in [0.3, 0.4) is 0 Å². The molecule has 78 valence electrons. The van der Waals surface area contributed by atoms with Crippen LogP contribution in [-0.4, -0.2) is 15.0 Å². The van der Waals surface area contributed by atoms with Gasteiger partial charge in [0.25, 0.3) is 0 Å². The Morgan fingerprint density at radius 2 is 1.56 bits per heavy atom. The Hall–Kier alpha value is -1.48. The van der Waals surface area contributed by atoms with E-state index in [0.29, 0.717) is 0 Å². The maximum atomic E-state index is 3.25. The summed E-state index contributed by atoms with van der Waals surface area (Å²) in [5.74, 6) is 3.19. The summed E-state index contributed by atoms with van der Waals surface area (Å²) in [6, 6.07) is 18.7. The van der Waals surface area contributed by atoms with E-state index in [1.807, 2.05) is 30.3 Å². The van der Waals surface area contributed by atoms with Crippen molar-refractivity contribution in [1.82, 2.24) is 0 Å². The van der Waals surface area contributed by atoms with Crippen molar-refractivity contribution in [2.45, 2.75) is 6.92 Å². The Kier molecular flexibility index (Phi) is 3.83. The zero-order valence-corrected chi connectivity index (χ0v) is 10.8. The molecule has 0 fully saturated rings. The van der Waals surface area contributed by atoms with Gasteiger partial charge >= 0.3 is 103 Å². The quantitative estimate of drug-likeness (QED) is 0.551. The zero-order valence-electron chi connectivity index (χ0n) is 9.10. The van der Waals surface area contributed by atoms with Crippen molar-refractivity contribution in [3.63, 3.8) is 0 Å². The van der Waals surface area contributed by atoms with Gasteiger partial charge in [0.1, 0.15) is 0 Å². The molecule has 0 aliphatic rings. The Morgan fingerprint density at radius 1 is 0.875 bits per heavy atom. The SMILES string of the molecule is Cc1ccc([Se]C#Cc2ccccc2)cc1. The van der Waals surface area contributed by atoms with Crippen LogP contribution in [0.4, 0.5) is 0 Å². The van der Waals surface area contributed by atoms with Gasteiger partial charge < -0.3 is 0 Å². The minimum atomic E-state index is 0.254. The van der Waals surface area contributed by atoms with Gasteiger partial charge in [-0.3, -0.25) is 0 Å². The molecule has 0 atom stereocenters. The van der Waals surface area contributed by atoms with Gasteiger partial charge in [0.2, 0.25) is 0 Å². The summed E-state index contributed by atoms with van der Waals surface area (Å²) in [7, 11) is 0. The van der Waals surface area contributed by atoms with Crippen LogP contribution < -0.4 is 4.46 Å². The predicted molar refractivity (Wildman–Crippen MR) is 69.9 cm³/mol. The number of aryl methyl sites for hydroxylation is 1. The van der Waals surface area contributed by atoms with E-state index >= 15 is 0 Å². The molecule has 0 aromatic heterocycles. The van der Waals surface area contributed by atoms with Crippen molar-refractivity contribution in [3.05, 3.63) is 65.7 Å². The van der Waals surface area contributed by atoms with Crippen LogP contribution in [0.2, 0.25) is 0 Å². The third-order valence-electron chi connectivity index (χ3n) is 2.16. The third kappa shape index (κ3) is 3.28. The average Bonchev–Trinajstić information content (AvgIpc) is 2.33. The summed E-state index contributed by atoms with van der Waals surface area (Å²) in [4.78, 5) is 3.25. The second kappa shape index (κ2) is 5.56. The summed E-state index contributed by atoms with van der Waals surface area (Å²) in [6.07, 6.45) is 0. The van der Waals surface area contributed by atoms with E-state index in [0.717, 1.165) is 5.56 Å². The number of rotatable bonds is 1. The van der Waals surface area contributed by atoms with Crippen molar-refractivity contribution in [1.29, 1.82) is 0 Å². The van der Waals surface area contributed by atoms with Gasteiger partial charge in [-0.1, -0.05) is 0 Å². The first-order chi connectivity index (χ1) is 7.84. The second-order valence-corrected chi connectivity index (χ2v) is 5.35. The molecule has 0 saturated carbocycles. The molecule has 0 aliphatic heterocycles. The van der Waals surface area contributed by atoms with Crippen molar-refractivity contribution < 1.29 is 0 Å². The van der Waals surface area contributed by atoms with E-state index in [9.17, 15) is 0 Å². The van der Waals surface area contributed by atoms with E-state index in [1.54, 1.807) is 0 Å². The van der Waals surface area contributed by atoms with E-state index < -0.39 is 0 Å². The molecule has 0 heterocycles. The summed E-state index contributed by atoms with van der Waals surface area (Å²) < 4.78 is 1.33. The molecule has 1 heteroatoms. The molecule has 16 heavy (non-hydrogen) atoms. The molecule has 0 amide bonds. The van der Waals surface area contributed by atoms with E-state index in [4.69, 9.17) is 0 Å². The van der Waals surface area contributed by atoms with Gasteiger partial charge in [0.05, 0.1) is 0 Å². The number of benzene rings is 2. The Morgan fingerprint density at radius 3 is 2.25 bits per heavy atom. The minimum absolute atomic E-state index is 0.254. The third-order valence-corrected chi connectivity index (χ3v) is 3.65. The van der Waals surface area contributed by atoms with Crippen LogP contribution in [0.15, 0.2) is 54.6 Å². The summed E-state index contributed by atoms with van der Waals surface area (Å²) in [5.41, 5.74) is 2.40. The monoisotopic (exact) mass is 272 g/mol. The molecule has 0 nitrogen and oxygen atoms in total. The fraction of sp³-hybridized carbons (Fsp3) is 0.0667. The summed E-state index contributed by atoms with van der Waals surface area (Å²) in [5, 5.41) is 0. The molecule has 0 radical (unpaired) electrons. The summed E-state index contributed by atoms with van der Waals surface area (Å²) in [6.45, 7) is 2.10. The molecular formula is C15H12Se. The van der Waals surface area contributed by atoms with Gasteiger partial charge in [-0.2, -0.15) is 0 Å². The van der Waals surface area contributed by atoms with Crippen LogP contribution in [-0.2, 0) is 0 Å². The average molecular weight is 271 g/mol. The van der Waals surface area contributed by atoms with Crippen LogP contribution in [0.25, 0.3) is 0 Å². The molecule has 0 unspecified atom stereocenters. The van der Waals surface area contributed by atoms with Crippen LogP contribution in [0.5, 0.6) is 0 Å². The Labute approximate surface area is 103 Å². The van der Waals surface area contributed by atoms with Crippen LogP contribution >= 0.6 is 0 Å². The standard InChI is InChI=1S/C15H12Se/c1-13-7-9-15(10-8-13)16-12-11-14-5-3-2-4-6-14/h2-10H,1H3. The van der Waals surface area contributed by atoms with E-state index in [-0.39, 0.29) is 15.0 Å². The number of hydrogen-bond donors (Lipinski definition) is 0. The molecule has 0 spiro atoms. The van der Waals surface area contributed by atoms with Crippen molar-refractivity contribution in [3.8, 4) is 10.7 Å². The maximum absolute atomic E-state index is 3.25. The molecule has 0 saturated heterocycles. The normalized spacial score (nSPS) is 9.31. The topological polar surface area (TPSA) is 0 Å². The van der Waals surface area contributed by atoms with Gasteiger partial charge in [-0.25, -0.2) is 0 Å². The van der Waals surface area contributed by atoms with Gasteiger partial charge in [0, 0.05) is 0 Å². The van der Waals surface area contributed by atoms with Gasteiger partial charge in [-0.15, -0.1) is 0 Å². The Bertz CT molecular complexity index is 501. The van der Waals surface area contributed by atoms with E-state index in [2.05, 4.69) is 41.9 Å². The first kappa shape index (κ1) is 11.0. The van der Waals surface area contributed by atoms with Gasteiger partial charge in [-0.05, 0) is 0 Å². The molecule has 2 aromatic carbocycles. The fourth-order valence-corrected chi connectivity index (χ4v) is 2.44. The molecule has 0 bridgehead atoms. The predicted octanol–water partition coefficient (Wildman–Crippen LogP) is 2.33. The van der Waals surface area contributed by atoms with Gasteiger partial charge in [0.15, 0.2) is 0 Å². The van der Waals surface area contributed by atoms with Crippen LogP contribution in [0, 0.1) is 17.7 Å². The fourth-order valence-electron chi connectivity index (χ4n) is 1.27. The summed E-state index contributed by atoms with van der Waals surface area (Å²) >= 11 is 0.254. The Balaban J connectivity index is 2.03. The zero-order chi connectivity index (χ0) is 11.2. The van der Waals surface area contributed by atoms with Crippen molar-refractivity contribution in [2.75, 3.05) is 0 Å². The van der Waals surface area contributed by atoms with E-state index in [1.165, 1.54) is 10.0 Å². The van der Waals surface area contributed by atoms with Crippen molar-refractivity contribution >= 4 is 19.4 Å². The molecule has 2 aromatic rings. The van der Waals surface area contributed by atoms with Crippen LogP contribution in [0.1, 0.15) is 11.1 Å². The first-order valence-corrected chi connectivity index (χ1v) is 6.85. The second-order valence-electron chi connectivity index (χ2n) is 3.51.